The van der Waals surface area contributed by atoms with Crippen LogP contribution in [-0.2, 0) is 16.0 Å². The van der Waals surface area contributed by atoms with Gasteiger partial charge in [0.25, 0.3) is 0 Å². The first-order chi connectivity index (χ1) is 14.0. The standard InChI is InChI=1S/C16H22N2O2.C7H9NO/c1-13(19)11-14-5-4-6-15(12-14)17-16(20)7-10-18-8-2-3-9-18;1-6-3-2-4-7(5-6)8-9/h4-6,12H,2-3,7-11H2,1H3,(H,17,20);2-5,8-9H,1H3. The Morgan fingerprint density at radius 3 is 2.34 bits per heavy atom. The van der Waals surface area contributed by atoms with Gasteiger partial charge in [0.2, 0.25) is 5.91 Å². The number of aryl methyl sites for hydroxylation is 1. The van der Waals surface area contributed by atoms with E-state index in [4.69, 9.17) is 5.21 Å². The van der Waals surface area contributed by atoms with Gasteiger partial charge in [-0.25, -0.2) is 0 Å². The summed E-state index contributed by atoms with van der Waals surface area (Å²) in [5.74, 6) is 0.166. The molecule has 1 aliphatic rings. The van der Waals surface area contributed by atoms with Crippen molar-refractivity contribution in [3.8, 4) is 0 Å². The molecule has 29 heavy (non-hydrogen) atoms. The predicted octanol–water partition coefficient (Wildman–Crippen LogP) is 4.04. The van der Waals surface area contributed by atoms with Gasteiger partial charge < -0.3 is 10.2 Å². The molecule has 6 nitrogen and oxygen atoms in total. The van der Waals surface area contributed by atoms with Gasteiger partial charge in [-0.2, -0.15) is 0 Å². The molecular weight excluding hydrogens is 366 g/mol. The van der Waals surface area contributed by atoms with Crippen LogP contribution in [0.25, 0.3) is 0 Å². The normalized spacial score (nSPS) is 13.3. The number of hydrogen-bond donors (Lipinski definition) is 3. The van der Waals surface area contributed by atoms with Gasteiger partial charge in [-0.05, 0) is 75.2 Å². The molecule has 6 heteroatoms. The summed E-state index contributed by atoms with van der Waals surface area (Å²) < 4.78 is 0. The van der Waals surface area contributed by atoms with E-state index in [-0.39, 0.29) is 11.7 Å². The lowest BCUT2D eigenvalue weighted by Crippen LogP contribution is -2.25. The SMILES string of the molecule is CC(=O)Cc1cccc(NC(=O)CCN2CCCC2)c1.Cc1cccc(NO)c1. The molecule has 0 aliphatic carbocycles. The minimum Gasteiger partial charge on any atom is -0.326 e. The minimum atomic E-state index is 0.0388. The fourth-order valence-electron chi connectivity index (χ4n) is 3.25. The molecule has 3 rings (SSSR count). The van der Waals surface area contributed by atoms with Crippen molar-refractivity contribution in [1.29, 1.82) is 0 Å². The summed E-state index contributed by atoms with van der Waals surface area (Å²) in [5.41, 5.74) is 5.65. The third-order valence-electron chi connectivity index (χ3n) is 4.66. The summed E-state index contributed by atoms with van der Waals surface area (Å²) in [6.45, 7) is 6.60. The highest BCUT2D eigenvalue weighted by Gasteiger charge is 2.13. The Morgan fingerprint density at radius 1 is 1.03 bits per heavy atom. The van der Waals surface area contributed by atoms with Crippen LogP contribution >= 0.6 is 0 Å². The second kappa shape index (κ2) is 12.0. The number of Topliss-reactive ketones (excluding diaryl/α,β-unsaturated/α-hetero) is 1. The molecule has 0 spiro atoms. The number of benzene rings is 2. The number of likely N-dealkylation sites (tertiary alicyclic amines) is 1. The molecule has 0 unspecified atom stereocenters. The van der Waals surface area contributed by atoms with Crippen LogP contribution in [0.1, 0.15) is 37.3 Å². The van der Waals surface area contributed by atoms with Crippen molar-refractivity contribution in [2.24, 2.45) is 0 Å². The van der Waals surface area contributed by atoms with E-state index in [1.165, 1.54) is 12.8 Å². The van der Waals surface area contributed by atoms with Gasteiger partial charge in [-0.1, -0.05) is 24.3 Å². The van der Waals surface area contributed by atoms with Gasteiger partial charge in [0.05, 0.1) is 5.69 Å². The van der Waals surface area contributed by atoms with E-state index < -0.39 is 0 Å². The molecule has 2 aromatic rings. The second-order valence-corrected chi connectivity index (χ2v) is 7.41. The molecule has 1 saturated heterocycles. The number of rotatable bonds is 7. The van der Waals surface area contributed by atoms with Gasteiger partial charge in [0.1, 0.15) is 5.78 Å². The molecule has 156 valence electrons. The topological polar surface area (TPSA) is 81.7 Å². The molecule has 0 bridgehead atoms. The zero-order chi connectivity index (χ0) is 21.1. The van der Waals surface area contributed by atoms with Crippen molar-refractivity contribution in [2.45, 2.75) is 39.5 Å². The lowest BCUT2D eigenvalue weighted by molar-refractivity contribution is -0.117. The Hall–Kier alpha value is -2.70. The Bertz CT molecular complexity index is 801. The van der Waals surface area contributed by atoms with Crippen LogP contribution < -0.4 is 10.8 Å². The zero-order valence-electron chi connectivity index (χ0n) is 17.3. The average molecular weight is 398 g/mol. The molecule has 0 saturated carbocycles. The number of ketones is 1. The minimum absolute atomic E-state index is 0.0388. The van der Waals surface area contributed by atoms with Crippen molar-refractivity contribution in [3.05, 3.63) is 59.7 Å². The highest BCUT2D eigenvalue weighted by molar-refractivity contribution is 5.91. The van der Waals surface area contributed by atoms with E-state index in [2.05, 4.69) is 15.7 Å². The molecule has 0 aromatic heterocycles. The summed E-state index contributed by atoms with van der Waals surface area (Å²) in [4.78, 5) is 25.3. The van der Waals surface area contributed by atoms with Gasteiger partial charge in [-0.15, -0.1) is 0 Å². The van der Waals surface area contributed by atoms with Gasteiger partial charge in [0.15, 0.2) is 0 Å². The third-order valence-corrected chi connectivity index (χ3v) is 4.66. The monoisotopic (exact) mass is 397 g/mol. The molecule has 2 aromatic carbocycles. The lowest BCUT2D eigenvalue weighted by Gasteiger charge is -2.14. The van der Waals surface area contributed by atoms with Crippen molar-refractivity contribution < 1.29 is 14.8 Å². The van der Waals surface area contributed by atoms with Crippen LogP contribution in [0.15, 0.2) is 48.5 Å². The van der Waals surface area contributed by atoms with Crippen LogP contribution in [0.3, 0.4) is 0 Å². The number of nitrogens with one attached hydrogen (secondary N) is 2. The highest BCUT2D eigenvalue weighted by Crippen LogP contribution is 2.13. The summed E-state index contributed by atoms with van der Waals surface area (Å²) >= 11 is 0. The van der Waals surface area contributed by atoms with E-state index in [0.717, 1.165) is 42.1 Å². The highest BCUT2D eigenvalue weighted by atomic mass is 16.5. The Labute approximate surface area is 172 Å². The number of carbonyl (C=O) groups is 2. The smallest absolute Gasteiger partial charge is 0.225 e. The fraction of sp³-hybridized carbons (Fsp3) is 0.391. The largest absolute Gasteiger partial charge is 0.326 e. The molecule has 3 N–H and O–H groups in total. The van der Waals surface area contributed by atoms with Crippen LogP contribution in [0.2, 0.25) is 0 Å². The Balaban J connectivity index is 0.000000278. The number of hydrogen-bond acceptors (Lipinski definition) is 5. The number of amides is 1. The van der Waals surface area contributed by atoms with Gasteiger partial charge >= 0.3 is 0 Å². The second-order valence-electron chi connectivity index (χ2n) is 7.41. The fourth-order valence-corrected chi connectivity index (χ4v) is 3.25. The van der Waals surface area contributed by atoms with E-state index in [1.807, 2.05) is 49.4 Å². The van der Waals surface area contributed by atoms with Crippen LogP contribution in [-0.4, -0.2) is 41.4 Å². The number of carbonyl (C=O) groups excluding carboxylic acids is 2. The van der Waals surface area contributed by atoms with Gasteiger partial charge in [0, 0.05) is 25.1 Å². The van der Waals surface area contributed by atoms with E-state index in [1.54, 1.807) is 13.0 Å². The maximum Gasteiger partial charge on any atom is 0.225 e. The van der Waals surface area contributed by atoms with E-state index in [9.17, 15) is 9.59 Å². The van der Waals surface area contributed by atoms with Gasteiger partial charge in [-0.3, -0.25) is 20.3 Å². The quantitative estimate of drug-likeness (QED) is 0.615. The van der Waals surface area contributed by atoms with Crippen molar-refractivity contribution in [2.75, 3.05) is 30.4 Å². The Kier molecular flexibility index (Phi) is 9.34. The van der Waals surface area contributed by atoms with Crippen molar-refractivity contribution in [1.82, 2.24) is 4.90 Å². The molecule has 0 radical (unpaired) electrons. The lowest BCUT2D eigenvalue weighted by atomic mass is 10.1. The van der Waals surface area contributed by atoms with Crippen LogP contribution in [0, 0.1) is 6.92 Å². The first kappa shape index (κ1) is 22.6. The number of anilines is 2. The molecule has 1 fully saturated rings. The predicted molar refractivity (Wildman–Crippen MR) is 116 cm³/mol. The zero-order valence-corrected chi connectivity index (χ0v) is 17.3. The first-order valence-corrected chi connectivity index (χ1v) is 10.0. The summed E-state index contributed by atoms with van der Waals surface area (Å²) in [7, 11) is 0. The van der Waals surface area contributed by atoms with Crippen molar-refractivity contribution in [3.63, 3.8) is 0 Å². The molecule has 1 aliphatic heterocycles. The molecule has 0 atom stereocenters. The molecular formula is C23H31N3O3. The maximum atomic E-state index is 11.9. The van der Waals surface area contributed by atoms with Crippen LogP contribution in [0.4, 0.5) is 11.4 Å². The molecule has 1 heterocycles. The van der Waals surface area contributed by atoms with Crippen molar-refractivity contribution >= 4 is 23.1 Å². The summed E-state index contributed by atoms with van der Waals surface area (Å²) in [5, 5.41) is 11.3. The summed E-state index contributed by atoms with van der Waals surface area (Å²) in [6, 6.07) is 15.0. The van der Waals surface area contributed by atoms with E-state index >= 15 is 0 Å². The summed E-state index contributed by atoms with van der Waals surface area (Å²) in [6.07, 6.45) is 3.43. The van der Waals surface area contributed by atoms with Crippen LogP contribution in [0.5, 0.6) is 0 Å². The number of nitrogens with zero attached hydrogens (tertiary/aromatic N) is 1. The average Bonchev–Trinajstić information content (AvgIpc) is 3.20. The maximum absolute atomic E-state index is 11.9. The first-order valence-electron chi connectivity index (χ1n) is 10.0. The Morgan fingerprint density at radius 2 is 1.72 bits per heavy atom. The molecule has 1 amide bonds. The van der Waals surface area contributed by atoms with E-state index in [0.29, 0.717) is 12.8 Å². The third kappa shape index (κ3) is 8.89.